The maximum atomic E-state index is 13.0. The van der Waals surface area contributed by atoms with Gasteiger partial charge in [-0.3, -0.25) is 0 Å². The molecule has 2 aromatic carbocycles. The van der Waals surface area contributed by atoms with Crippen LogP contribution >= 0.6 is 11.8 Å². The minimum atomic E-state index is -3.30. The lowest BCUT2D eigenvalue weighted by molar-refractivity contribution is 0.528. The van der Waals surface area contributed by atoms with E-state index < -0.39 is 9.84 Å². The number of piperidine rings is 1. The summed E-state index contributed by atoms with van der Waals surface area (Å²) in [6.45, 7) is 3.31. The maximum absolute atomic E-state index is 13.0. The number of thioether (sulfide) groups is 1. The van der Waals surface area contributed by atoms with Gasteiger partial charge in [-0.05, 0) is 56.4 Å². The van der Waals surface area contributed by atoms with Crippen LogP contribution in [0.1, 0.15) is 18.4 Å². The van der Waals surface area contributed by atoms with Gasteiger partial charge >= 0.3 is 0 Å². The van der Waals surface area contributed by atoms with Crippen molar-refractivity contribution in [3.8, 4) is 0 Å². The van der Waals surface area contributed by atoms with Crippen LogP contribution in [0.3, 0.4) is 0 Å². The molecular formula is C21H23N3O2S2. The number of benzene rings is 2. The lowest BCUT2D eigenvalue weighted by Gasteiger charge is -2.33. The second-order valence-electron chi connectivity index (χ2n) is 7.12. The van der Waals surface area contributed by atoms with Crippen LogP contribution in [0.2, 0.25) is 0 Å². The van der Waals surface area contributed by atoms with E-state index >= 15 is 0 Å². The summed E-state index contributed by atoms with van der Waals surface area (Å²) in [6, 6.07) is 13.4. The SMILES string of the molecule is CSc1ccc2ncnc(N3CCC(S(=O)(=O)c4ccc(C)cc4)CC3)c2c1. The van der Waals surface area contributed by atoms with E-state index in [-0.39, 0.29) is 5.25 Å². The van der Waals surface area contributed by atoms with Crippen LogP contribution in [0, 0.1) is 6.92 Å². The van der Waals surface area contributed by atoms with E-state index in [2.05, 4.69) is 27.0 Å². The normalized spacial score (nSPS) is 15.9. The molecule has 1 saturated heterocycles. The van der Waals surface area contributed by atoms with Crippen LogP contribution in [-0.2, 0) is 9.84 Å². The number of rotatable bonds is 4. The lowest BCUT2D eigenvalue weighted by atomic mass is 10.1. The van der Waals surface area contributed by atoms with Crippen molar-refractivity contribution >= 4 is 38.3 Å². The molecule has 1 aromatic heterocycles. The molecule has 0 N–H and O–H groups in total. The first-order valence-electron chi connectivity index (χ1n) is 9.33. The van der Waals surface area contributed by atoms with Gasteiger partial charge in [0.2, 0.25) is 0 Å². The van der Waals surface area contributed by atoms with E-state index in [0.29, 0.717) is 30.8 Å². The van der Waals surface area contributed by atoms with Gasteiger partial charge in [-0.15, -0.1) is 11.8 Å². The van der Waals surface area contributed by atoms with Crippen molar-refractivity contribution in [1.29, 1.82) is 0 Å². The Kier molecular flexibility index (Phi) is 5.29. The fraction of sp³-hybridized carbons (Fsp3) is 0.333. The summed E-state index contributed by atoms with van der Waals surface area (Å²) < 4.78 is 26.0. The number of fused-ring (bicyclic) bond motifs is 1. The summed E-state index contributed by atoms with van der Waals surface area (Å²) in [5.41, 5.74) is 1.98. The molecule has 7 heteroatoms. The van der Waals surface area contributed by atoms with Crippen molar-refractivity contribution in [3.05, 3.63) is 54.4 Å². The average molecular weight is 414 g/mol. The smallest absolute Gasteiger partial charge is 0.181 e. The molecule has 0 aliphatic carbocycles. The Labute approximate surface area is 170 Å². The number of nitrogens with zero attached hydrogens (tertiary/aromatic N) is 3. The van der Waals surface area contributed by atoms with Gasteiger partial charge in [0.25, 0.3) is 0 Å². The van der Waals surface area contributed by atoms with Crippen molar-refractivity contribution in [2.24, 2.45) is 0 Å². The van der Waals surface area contributed by atoms with Gasteiger partial charge in [0, 0.05) is 23.4 Å². The molecule has 3 aromatic rings. The zero-order chi connectivity index (χ0) is 19.7. The number of sulfone groups is 1. The van der Waals surface area contributed by atoms with Crippen LogP contribution < -0.4 is 4.90 Å². The van der Waals surface area contributed by atoms with Gasteiger partial charge in [0.15, 0.2) is 9.84 Å². The standard InChI is InChI=1S/C21H23N3O2S2/c1-15-3-6-17(7-4-15)28(25,26)18-9-11-24(12-10-18)21-19-13-16(27-2)5-8-20(19)22-14-23-21/h3-8,13-14,18H,9-12H2,1-2H3. The molecule has 0 saturated carbocycles. The van der Waals surface area contributed by atoms with Crippen molar-refractivity contribution < 1.29 is 8.42 Å². The van der Waals surface area contributed by atoms with Crippen LogP contribution in [0.25, 0.3) is 10.9 Å². The predicted molar refractivity (Wildman–Crippen MR) is 115 cm³/mol. The van der Waals surface area contributed by atoms with Gasteiger partial charge in [-0.1, -0.05) is 17.7 Å². The third-order valence-corrected chi connectivity index (χ3v) is 8.35. The minimum Gasteiger partial charge on any atom is -0.356 e. The highest BCUT2D eigenvalue weighted by molar-refractivity contribution is 7.98. The topological polar surface area (TPSA) is 63.2 Å². The van der Waals surface area contributed by atoms with E-state index in [1.807, 2.05) is 31.4 Å². The Morgan fingerprint density at radius 1 is 1.04 bits per heavy atom. The summed E-state index contributed by atoms with van der Waals surface area (Å²) in [6.07, 6.45) is 4.84. The molecular weight excluding hydrogens is 390 g/mol. The zero-order valence-electron chi connectivity index (χ0n) is 16.0. The molecule has 2 heterocycles. The van der Waals surface area contributed by atoms with E-state index in [4.69, 9.17) is 0 Å². The first kappa shape index (κ1) is 19.2. The Morgan fingerprint density at radius 3 is 2.43 bits per heavy atom. The van der Waals surface area contributed by atoms with Crippen LogP contribution in [-0.4, -0.2) is 43.0 Å². The number of hydrogen-bond donors (Lipinski definition) is 0. The maximum Gasteiger partial charge on any atom is 0.181 e. The highest BCUT2D eigenvalue weighted by atomic mass is 32.2. The van der Waals surface area contributed by atoms with Crippen molar-refractivity contribution in [2.45, 2.75) is 34.8 Å². The molecule has 28 heavy (non-hydrogen) atoms. The van der Waals surface area contributed by atoms with Crippen molar-refractivity contribution in [3.63, 3.8) is 0 Å². The number of aromatic nitrogens is 2. The van der Waals surface area contributed by atoms with Crippen LogP contribution in [0.15, 0.2) is 58.6 Å². The fourth-order valence-electron chi connectivity index (χ4n) is 3.70. The zero-order valence-corrected chi connectivity index (χ0v) is 17.6. The molecule has 0 radical (unpaired) electrons. The highest BCUT2D eigenvalue weighted by Gasteiger charge is 2.32. The summed E-state index contributed by atoms with van der Waals surface area (Å²) in [4.78, 5) is 12.7. The molecule has 0 spiro atoms. The second kappa shape index (κ2) is 7.72. The third-order valence-electron chi connectivity index (χ3n) is 5.35. The predicted octanol–water partition coefficient (Wildman–Crippen LogP) is 4.10. The minimum absolute atomic E-state index is 0.346. The molecule has 4 rings (SSSR count). The van der Waals surface area contributed by atoms with Gasteiger partial charge < -0.3 is 4.90 Å². The quantitative estimate of drug-likeness (QED) is 0.600. The summed E-state index contributed by atoms with van der Waals surface area (Å²) in [5, 5.41) is 0.676. The number of anilines is 1. The van der Waals surface area contributed by atoms with Crippen LogP contribution in [0.4, 0.5) is 5.82 Å². The van der Waals surface area contributed by atoms with E-state index in [1.165, 1.54) is 4.90 Å². The molecule has 0 atom stereocenters. The van der Waals surface area contributed by atoms with E-state index in [0.717, 1.165) is 22.3 Å². The van der Waals surface area contributed by atoms with Crippen LogP contribution in [0.5, 0.6) is 0 Å². The lowest BCUT2D eigenvalue weighted by Crippen LogP contribution is -2.39. The van der Waals surface area contributed by atoms with Gasteiger partial charge in [0.1, 0.15) is 12.1 Å². The fourth-order valence-corrected chi connectivity index (χ4v) is 5.87. The number of aryl methyl sites for hydroxylation is 1. The Bertz CT molecular complexity index is 1090. The van der Waals surface area contributed by atoms with Crippen molar-refractivity contribution in [1.82, 2.24) is 9.97 Å². The molecule has 0 bridgehead atoms. The summed E-state index contributed by atoms with van der Waals surface area (Å²) >= 11 is 1.69. The summed E-state index contributed by atoms with van der Waals surface area (Å²) in [7, 11) is -3.30. The van der Waals surface area contributed by atoms with Gasteiger partial charge in [-0.2, -0.15) is 0 Å². The third kappa shape index (κ3) is 3.61. The summed E-state index contributed by atoms with van der Waals surface area (Å²) in [5.74, 6) is 0.895. The molecule has 146 valence electrons. The average Bonchev–Trinajstić information content (AvgIpc) is 2.73. The molecule has 1 aliphatic heterocycles. The highest BCUT2D eigenvalue weighted by Crippen LogP contribution is 2.31. The molecule has 1 aliphatic rings. The Morgan fingerprint density at radius 2 is 1.75 bits per heavy atom. The van der Waals surface area contributed by atoms with Crippen molar-refractivity contribution in [2.75, 3.05) is 24.2 Å². The van der Waals surface area contributed by atoms with Gasteiger partial charge in [-0.25, -0.2) is 18.4 Å². The second-order valence-corrected chi connectivity index (χ2v) is 10.2. The largest absolute Gasteiger partial charge is 0.356 e. The molecule has 5 nitrogen and oxygen atoms in total. The number of hydrogen-bond acceptors (Lipinski definition) is 6. The first-order chi connectivity index (χ1) is 13.5. The Balaban J connectivity index is 1.56. The van der Waals surface area contributed by atoms with E-state index in [9.17, 15) is 8.42 Å². The molecule has 1 fully saturated rings. The monoisotopic (exact) mass is 413 g/mol. The molecule has 0 unspecified atom stereocenters. The Hall–Kier alpha value is -2.12. The molecule has 0 amide bonds. The van der Waals surface area contributed by atoms with E-state index in [1.54, 1.807) is 30.2 Å². The van der Waals surface area contributed by atoms with Gasteiger partial charge in [0.05, 0.1) is 15.7 Å². The first-order valence-corrected chi connectivity index (χ1v) is 12.1.